The molecule has 1 aliphatic rings. The van der Waals surface area contributed by atoms with Crippen molar-refractivity contribution in [2.24, 2.45) is 0 Å². The van der Waals surface area contributed by atoms with Gasteiger partial charge in [-0.05, 0) is 12.0 Å². The summed E-state index contributed by atoms with van der Waals surface area (Å²) in [5.74, 6) is 2.04. The van der Waals surface area contributed by atoms with Crippen LogP contribution in [0.3, 0.4) is 0 Å². The number of carboxylic acid groups (broad SMARTS) is 1. The number of hydrogen-bond donors (Lipinski definition) is 1. The molecule has 1 atom stereocenters. The van der Waals surface area contributed by atoms with Gasteiger partial charge in [-0.15, -0.1) is 23.5 Å². The molecule has 2 nitrogen and oxygen atoms in total. The van der Waals surface area contributed by atoms with Crippen LogP contribution in [0.5, 0.6) is 0 Å². The van der Waals surface area contributed by atoms with E-state index in [1.54, 1.807) is 0 Å². The number of carbonyl (C=O) groups is 1. The van der Waals surface area contributed by atoms with Crippen molar-refractivity contribution in [2.75, 3.05) is 11.5 Å². The highest BCUT2D eigenvalue weighted by Gasteiger charge is 2.27. The molecule has 4 heteroatoms. The zero-order valence-electron chi connectivity index (χ0n) is 9.54. The first-order valence-electron chi connectivity index (χ1n) is 5.77. The number of carboxylic acids is 1. The monoisotopic (exact) mass is 268 g/mol. The van der Waals surface area contributed by atoms with Gasteiger partial charge >= 0.3 is 5.97 Å². The molecular weight excluding hydrogens is 252 g/mol. The van der Waals surface area contributed by atoms with Gasteiger partial charge < -0.3 is 5.11 Å². The maximum atomic E-state index is 10.7. The average Bonchev–Trinajstić information content (AvgIpc) is 2.84. The highest BCUT2D eigenvalue weighted by Crippen LogP contribution is 2.43. The van der Waals surface area contributed by atoms with Crippen molar-refractivity contribution in [1.82, 2.24) is 0 Å². The van der Waals surface area contributed by atoms with Crippen LogP contribution in [0, 0.1) is 0 Å². The molecule has 0 spiro atoms. The Hall–Kier alpha value is -0.610. The Morgan fingerprint density at radius 1 is 1.29 bits per heavy atom. The second kappa shape index (κ2) is 6.36. The third-order valence-corrected chi connectivity index (χ3v) is 6.14. The first-order valence-corrected chi connectivity index (χ1v) is 7.87. The lowest BCUT2D eigenvalue weighted by atomic mass is 9.96. The summed E-state index contributed by atoms with van der Waals surface area (Å²) in [6, 6.07) is 10.3. The summed E-state index contributed by atoms with van der Waals surface area (Å²) in [5.41, 5.74) is 1.28. The Morgan fingerprint density at radius 3 is 2.53 bits per heavy atom. The number of aliphatic carboxylic acids is 1. The molecule has 1 aromatic rings. The summed E-state index contributed by atoms with van der Waals surface area (Å²) < 4.78 is 0.525. The molecule has 2 rings (SSSR count). The highest BCUT2D eigenvalue weighted by molar-refractivity contribution is 8.20. The lowest BCUT2D eigenvalue weighted by Gasteiger charge is -2.22. The van der Waals surface area contributed by atoms with Gasteiger partial charge in [0.1, 0.15) is 0 Å². The Labute approximate surface area is 110 Å². The Balaban J connectivity index is 2.08. The van der Waals surface area contributed by atoms with Crippen LogP contribution in [0.4, 0.5) is 0 Å². The van der Waals surface area contributed by atoms with E-state index in [2.05, 4.69) is 12.1 Å². The van der Waals surface area contributed by atoms with Gasteiger partial charge in [-0.1, -0.05) is 30.3 Å². The normalized spacial score (nSPS) is 18.1. The molecule has 1 fully saturated rings. The molecule has 17 heavy (non-hydrogen) atoms. The predicted molar refractivity (Wildman–Crippen MR) is 74.8 cm³/mol. The van der Waals surface area contributed by atoms with Crippen molar-refractivity contribution in [3.05, 3.63) is 35.9 Å². The van der Waals surface area contributed by atoms with Gasteiger partial charge in [-0.25, -0.2) is 0 Å². The zero-order chi connectivity index (χ0) is 12.1. The smallest absolute Gasteiger partial charge is 0.303 e. The Morgan fingerprint density at radius 2 is 1.94 bits per heavy atom. The van der Waals surface area contributed by atoms with E-state index in [0.29, 0.717) is 10.5 Å². The van der Waals surface area contributed by atoms with Crippen molar-refractivity contribution in [2.45, 2.75) is 23.3 Å². The van der Waals surface area contributed by atoms with Crippen molar-refractivity contribution >= 4 is 29.5 Å². The Kier molecular flexibility index (Phi) is 4.80. The van der Waals surface area contributed by atoms with Crippen LogP contribution in [0.2, 0.25) is 0 Å². The Bertz CT molecular complexity index is 361. The lowest BCUT2D eigenvalue weighted by Crippen LogP contribution is -2.12. The summed E-state index contributed by atoms with van der Waals surface area (Å²) in [6.07, 6.45) is 1.00. The average molecular weight is 268 g/mol. The van der Waals surface area contributed by atoms with Crippen molar-refractivity contribution < 1.29 is 9.90 Å². The fourth-order valence-corrected chi connectivity index (χ4v) is 5.30. The van der Waals surface area contributed by atoms with Gasteiger partial charge in [0, 0.05) is 23.8 Å². The molecule has 0 bridgehead atoms. The maximum absolute atomic E-state index is 10.7. The molecule has 0 aromatic heterocycles. The van der Waals surface area contributed by atoms with Gasteiger partial charge in [-0.2, -0.15) is 0 Å². The van der Waals surface area contributed by atoms with Crippen LogP contribution >= 0.6 is 23.5 Å². The summed E-state index contributed by atoms with van der Waals surface area (Å²) in [5, 5.41) is 8.84. The van der Waals surface area contributed by atoms with Gasteiger partial charge in [0.05, 0.1) is 4.58 Å². The largest absolute Gasteiger partial charge is 0.481 e. The van der Waals surface area contributed by atoms with Crippen LogP contribution < -0.4 is 0 Å². The summed E-state index contributed by atoms with van der Waals surface area (Å²) in [6.45, 7) is 0. The molecule has 1 aromatic carbocycles. The quantitative estimate of drug-likeness (QED) is 0.887. The molecule has 0 radical (unpaired) electrons. The molecule has 0 aliphatic carbocycles. The van der Waals surface area contributed by atoms with E-state index < -0.39 is 5.97 Å². The zero-order valence-corrected chi connectivity index (χ0v) is 11.2. The topological polar surface area (TPSA) is 37.3 Å². The van der Waals surface area contributed by atoms with Crippen molar-refractivity contribution in [1.29, 1.82) is 0 Å². The van der Waals surface area contributed by atoms with Crippen molar-refractivity contribution in [3.8, 4) is 0 Å². The van der Waals surface area contributed by atoms with Crippen LogP contribution in [0.15, 0.2) is 30.3 Å². The molecular formula is C13H16O2S2. The molecule has 0 amide bonds. The second-order valence-electron chi connectivity index (χ2n) is 4.06. The van der Waals surface area contributed by atoms with E-state index in [9.17, 15) is 4.79 Å². The fraction of sp³-hybridized carbons (Fsp3) is 0.462. The second-order valence-corrected chi connectivity index (χ2v) is 6.86. The van der Waals surface area contributed by atoms with Gasteiger partial charge in [0.2, 0.25) is 0 Å². The minimum absolute atomic E-state index is 0.261. The van der Waals surface area contributed by atoms with Crippen LogP contribution in [0.1, 0.15) is 24.3 Å². The fourth-order valence-electron chi connectivity index (χ4n) is 2.05. The first-order chi connectivity index (χ1) is 8.27. The predicted octanol–water partition coefficient (Wildman–Crippen LogP) is 3.44. The van der Waals surface area contributed by atoms with E-state index in [0.717, 1.165) is 6.42 Å². The third kappa shape index (κ3) is 3.68. The summed E-state index contributed by atoms with van der Waals surface area (Å²) >= 11 is 3.93. The van der Waals surface area contributed by atoms with Gasteiger partial charge in [0.25, 0.3) is 0 Å². The van der Waals surface area contributed by atoms with Crippen LogP contribution in [0.25, 0.3) is 0 Å². The van der Waals surface area contributed by atoms with Gasteiger partial charge in [-0.3, -0.25) is 4.79 Å². The van der Waals surface area contributed by atoms with Crippen LogP contribution in [-0.4, -0.2) is 27.2 Å². The number of hydrogen-bond acceptors (Lipinski definition) is 3. The number of benzene rings is 1. The van der Waals surface area contributed by atoms with Crippen LogP contribution in [-0.2, 0) is 4.79 Å². The first kappa shape index (κ1) is 12.8. The van der Waals surface area contributed by atoms with E-state index in [1.807, 2.05) is 41.7 Å². The van der Waals surface area contributed by atoms with E-state index in [4.69, 9.17) is 5.11 Å². The molecule has 1 heterocycles. The minimum atomic E-state index is -0.695. The third-order valence-electron chi connectivity index (χ3n) is 2.87. The molecule has 0 saturated carbocycles. The molecule has 1 saturated heterocycles. The molecule has 1 aliphatic heterocycles. The molecule has 1 N–H and O–H groups in total. The molecule has 0 unspecified atom stereocenters. The van der Waals surface area contributed by atoms with E-state index in [1.165, 1.54) is 17.1 Å². The van der Waals surface area contributed by atoms with E-state index >= 15 is 0 Å². The highest BCUT2D eigenvalue weighted by atomic mass is 32.2. The number of thioether (sulfide) groups is 2. The standard InChI is InChI=1S/C13H16O2S2/c14-12(15)7-6-11(13-16-8-9-17-13)10-4-2-1-3-5-10/h1-5,11,13H,6-9H2,(H,14,15)/t11-/m0/s1. The van der Waals surface area contributed by atoms with E-state index in [-0.39, 0.29) is 6.42 Å². The SMILES string of the molecule is O=C(O)CC[C@@H](c1ccccc1)C1SCCS1. The number of rotatable bonds is 5. The lowest BCUT2D eigenvalue weighted by molar-refractivity contribution is -0.137. The molecule has 92 valence electrons. The summed E-state index contributed by atoms with van der Waals surface area (Å²) in [4.78, 5) is 10.7. The summed E-state index contributed by atoms with van der Waals surface area (Å²) in [7, 11) is 0. The maximum Gasteiger partial charge on any atom is 0.303 e. The van der Waals surface area contributed by atoms with Gasteiger partial charge in [0.15, 0.2) is 0 Å². The minimum Gasteiger partial charge on any atom is -0.481 e. The van der Waals surface area contributed by atoms with Crippen molar-refractivity contribution in [3.63, 3.8) is 0 Å².